The zero-order chi connectivity index (χ0) is 16.9. The molecule has 3 heterocycles. The minimum atomic E-state index is -0.438. The standard InChI is InChI=1S/C16H24N6O2/c1-20-10-13(9-18-20)16(24)19-14-3-7-21(8-4-14)11-15(23)12-22-6-2-5-17-22/h2,5-6,9-10,14-15,23H,3-4,7-8,11-12H2,1H3,(H,19,24). The van der Waals surface area contributed by atoms with Crippen LogP contribution in [0.25, 0.3) is 0 Å². The minimum absolute atomic E-state index is 0.0692. The van der Waals surface area contributed by atoms with Crippen LogP contribution in [-0.2, 0) is 13.6 Å². The molecule has 0 aliphatic carbocycles. The first-order valence-electron chi connectivity index (χ1n) is 8.27. The molecule has 0 saturated carbocycles. The first kappa shape index (κ1) is 16.7. The van der Waals surface area contributed by atoms with Crippen LogP contribution in [0.5, 0.6) is 0 Å². The number of nitrogens with one attached hydrogen (secondary N) is 1. The van der Waals surface area contributed by atoms with Crippen LogP contribution in [0.3, 0.4) is 0 Å². The van der Waals surface area contributed by atoms with Gasteiger partial charge in [-0.05, 0) is 18.9 Å². The Morgan fingerprint density at radius 1 is 1.38 bits per heavy atom. The molecule has 0 radical (unpaired) electrons. The fourth-order valence-electron chi connectivity index (χ4n) is 3.05. The lowest BCUT2D eigenvalue weighted by molar-refractivity contribution is 0.0750. The van der Waals surface area contributed by atoms with Crippen molar-refractivity contribution in [2.24, 2.45) is 7.05 Å². The summed E-state index contributed by atoms with van der Waals surface area (Å²) < 4.78 is 3.37. The predicted octanol–water partition coefficient (Wildman–Crippen LogP) is -0.128. The van der Waals surface area contributed by atoms with Crippen molar-refractivity contribution < 1.29 is 9.90 Å². The molecule has 8 heteroatoms. The van der Waals surface area contributed by atoms with Gasteiger partial charge in [0.15, 0.2) is 0 Å². The Hall–Kier alpha value is -2.19. The Balaban J connectivity index is 1.40. The molecule has 0 aromatic carbocycles. The molecule has 0 spiro atoms. The molecule has 1 aliphatic heterocycles. The van der Waals surface area contributed by atoms with Crippen LogP contribution >= 0.6 is 0 Å². The molecule has 0 bridgehead atoms. The zero-order valence-corrected chi connectivity index (χ0v) is 13.9. The SMILES string of the molecule is Cn1cc(C(=O)NC2CCN(CC(O)Cn3cccn3)CC2)cn1. The number of hydrogen-bond donors (Lipinski definition) is 2. The number of hydrogen-bond acceptors (Lipinski definition) is 5. The summed E-state index contributed by atoms with van der Waals surface area (Å²) in [5.41, 5.74) is 0.592. The van der Waals surface area contributed by atoms with Gasteiger partial charge in [-0.2, -0.15) is 10.2 Å². The van der Waals surface area contributed by atoms with E-state index in [-0.39, 0.29) is 11.9 Å². The number of aliphatic hydroxyl groups is 1. The quantitative estimate of drug-likeness (QED) is 0.769. The summed E-state index contributed by atoms with van der Waals surface area (Å²) in [4.78, 5) is 14.4. The van der Waals surface area contributed by atoms with Gasteiger partial charge in [0.2, 0.25) is 0 Å². The summed E-state index contributed by atoms with van der Waals surface area (Å²) in [7, 11) is 1.80. The summed E-state index contributed by atoms with van der Waals surface area (Å²) >= 11 is 0. The molecule has 1 fully saturated rings. The second kappa shape index (κ2) is 7.59. The maximum Gasteiger partial charge on any atom is 0.254 e. The molecule has 130 valence electrons. The van der Waals surface area contributed by atoms with Gasteiger partial charge in [-0.1, -0.05) is 0 Å². The average Bonchev–Trinajstić information content (AvgIpc) is 3.21. The lowest BCUT2D eigenvalue weighted by Gasteiger charge is -2.33. The Labute approximate surface area is 141 Å². The van der Waals surface area contributed by atoms with Gasteiger partial charge in [0, 0.05) is 51.3 Å². The highest BCUT2D eigenvalue weighted by molar-refractivity contribution is 5.93. The Bertz CT molecular complexity index is 645. The molecular weight excluding hydrogens is 308 g/mol. The number of carbonyl (C=O) groups excluding carboxylic acids is 1. The van der Waals surface area contributed by atoms with Crippen LogP contribution in [0.15, 0.2) is 30.9 Å². The summed E-state index contributed by atoms with van der Waals surface area (Å²) in [6, 6.07) is 2.03. The highest BCUT2D eigenvalue weighted by Crippen LogP contribution is 2.12. The van der Waals surface area contributed by atoms with E-state index in [1.165, 1.54) is 0 Å². The largest absolute Gasteiger partial charge is 0.390 e. The fraction of sp³-hybridized carbons (Fsp3) is 0.562. The molecule has 1 aliphatic rings. The Morgan fingerprint density at radius 2 is 2.17 bits per heavy atom. The number of nitrogens with zero attached hydrogens (tertiary/aromatic N) is 5. The van der Waals surface area contributed by atoms with Gasteiger partial charge in [0.25, 0.3) is 5.91 Å². The number of carbonyl (C=O) groups is 1. The molecule has 1 unspecified atom stereocenters. The number of rotatable bonds is 6. The summed E-state index contributed by atoms with van der Waals surface area (Å²) in [5, 5.41) is 21.3. The van der Waals surface area contributed by atoms with E-state index >= 15 is 0 Å². The van der Waals surface area contributed by atoms with Gasteiger partial charge in [0.05, 0.1) is 24.4 Å². The van der Waals surface area contributed by atoms with E-state index in [9.17, 15) is 9.90 Å². The molecule has 2 aromatic rings. The third-order valence-corrected chi connectivity index (χ3v) is 4.32. The molecular formula is C16H24N6O2. The highest BCUT2D eigenvalue weighted by Gasteiger charge is 2.23. The topological polar surface area (TPSA) is 88.2 Å². The minimum Gasteiger partial charge on any atom is -0.390 e. The van der Waals surface area contributed by atoms with Crippen molar-refractivity contribution in [3.05, 3.63) is 36.4 Å². The van der Waals surface area contributed by atoms with Gasteiger partial charge in [-0.15, -0.1) is 0 Å². The van der Waals surface area contributed by atoms with Crippen LogP contribution < -0.4 is 5.32 Å². The third-order valence-electron chi connectivity index (χ3n) is 4.32. The van der Waals surface area contributed by atoms with Crippen molar-refractivity contribution in [2.75, 3.05) is 19.6 Å². The number of likely N-dealkylation sites (tertiary alicyclic amines) is 1. The van der Waals surface area contributed by atoms with Crippen molar-refractivity contribution in [1.29, 1.82) is 0 Å². The number of aryl methyl sites for hydroxylation is 1. The van der Waals surface area contributed by atoms with Gasteiger partial charge < -0.3 is 15.3 Å². The molecule has 3 rings (SSSR count). The first-order chi connectivity index (χ1) is 11.6. The fourth-order valence-corrected chi connectivity index (χ4v) is 3.05. The van der Waals surface area contributed by atoms with Crippen molar-refractivity contribution in [3.8, 4) is 0 Å². The lowest BCUT2D eigenvalue weighted by Crippen LogP contribution is -2.46. The smallest absolute Gasteiger partial charge is 0.254 e. The lowest BCUT2D eigenvalue weighted by atomic mass is 10.0. The second-order valence-corrected chi connectivity index (χ2v) is 6.33. The summed E-state index contributed by atoms with van der Waals surface area (Å²) in [6.07, 6.45) is 8.20. The van der Waals surface area contributed by atoms with E-state index in [1.54, 1.807) is 35.0 Å². The van der Waals surface area contributed by atoms with Crippen LogP contribution in [0.4, 0.5) is 0 Å². The molecule has 1 atom stereocenters. The van der Waals surface area contributed by atoms with Gasteiger partial charge in [0.1, 0.15) is 0 Å². The maximum absolute atomic E-state index is 12.1. The summed E-state index contributed by atoms with van der Waals surface area (Å²) in [5.74, 6) is -0.0692. The predicted molar refractivity (Wildman–Crippen MR) is 88.4 cm³/mol. The molecule has 2 N–H and O–H groups in total. The Morgan fingerprint density at radius 3 is 2.79 bits per heavy atom. The molecule has 8 nitrogen and oxygen atoms in total. The molecule has 1 amide bonds. The van der Waals surface area contributed by atoms with Crippen molar-refractivity contribution in [1.82, 2.24) is 29.8 Å². The van der Waals surface area contributed by atoms with Gasteiger partial charge in [-0.25, -0.2) is 0 Å². The highest BCUT2D eigenvalue weighted by atomic mass is 16.3. The average molecular weight is 332 g/mol. The molecule has 24 heavy (non-hydrogen) atoms. The third kappa shape index (κ3) is 4.42. The van der Waals surface area contributed by atoms with Gasteiger partial charge >= 0.3 is 0 Å². The second-order valence-electron chi connectivity index (χ2n) is 6.33. The zero-order valence-electron chi connectivity index (χ0n) is 13.9. The van der Waals surface area contributed by atoms with E-state index in [0.29, 0.717) is 18.7 Å². The van der Waals surface area contributed by atoms with Gasteiger partial charge in [-0.3, -0.25) is 14.2 Å². The van der Waals surface area contributed by atoms with E-state index in [1.807, 2.05) is 12.3 Å². The van der Waals surface area contributed by atoms with Crippen LogP contribution in [0.2, 0.25) is 0 Å². The number of piperidine rings is 1. The van der Waals surface area contributed by atoms with E-state index in [2.05, 4.69) is 20.4 Å². The Kier molecular flexibility index (Phi) is 5.27. The van der Waals surface area contributed by atoms with Crippen molar-refractivity contribution >= 4 is 5.91 Å². The van der Waals surface area contributed by atoms with E-state index in [4.69, 9.17) is 0 Å². The van der Waals surface area contributed by atoms with Crippen molar-refractivity contribution in [2.45, 2.75) is 31.5 Å². The number of amides is 1. The number of β-amino-alcohol motifs (C(OH)–C–C–N with tert-alkyl or cyclic N) is 1. The summed E-state index contributed by atoms with van der Waals surface area (Å²) in [6.45, 7) is 2.87. The van der Waals surface area contributed by atoms with Crippen LogP contribution in [0.1, 0.15) is 23.2 Å². The molecule has 1 saturated heterocycles. The van der Waals surface area contributed by atoms with Crippen molar-refractivity contribution in [3.63, 3.8) is 0 Å². The monoisotopic (exact) mass is 332 g/mol. The van der Waals surface area contributed by atoms with E-state index < -0.39 is 6.10 Å². The normalized spacial score (nSPS) is 17.8. The number of aromatic nitrogens is 4. The van der Waals surface area contributed by atoms with E-state index in [0.717, 1.165) is 25.9 Å². The van der Waals surface area contributed by atoms with Crippen LogP contribution in [-0.4, -0.2) is 67.3 Å². The first-order valence-corrected chi connectivity index (χ1v) is 8.27. The van der Waals surface area contributed by atoms with Crippen LogP contribution in [0, 0.1) is 0 Å². The maximum atomic E-state index is 12.1. The molecule has 2 aromatic heterocycles. The number of aliphatic hydroxyl groups excluding tert-OH is 1.